The van der Waals surface area contributed by atoms with E-state index in [1.54, 1.807) is 12.4 Å². The minimum atomic E-state index is -4.62. The van der Waals surface area contributed by atoms with Crippen LogP contribution in [0.5, 0.6) is 0 Å². The predicted octanol–water partition coefficient (Wildman–Crippen LogP) is 3.18. The maximum atomic E-state index is 14.0. The standard InChI is InChI=1S/C29H32F3N7O2/c1-36-18-33-35-26(36)12-28(16-41-17-28)21-5-4-20-14-39(27(40)23(20)11-21)25-10-19(9-24(34-25)29(30,31)32)13-37-7-8-38-6-2-3-22(38)15-37/h4-5,9-11,18,22H,2-3,6-8,12-17H2,1H3/t22-/m1/s1. The van der Waals surface area contributed by atoms with Crippen LogP contribution in [0.4, 0.5) is 19.0 Å². The average Bonchev–Trinajstić information content (AvgIpc) is 3.64. The Morgan fingerprint density at radius 3 is 2.71 bits per heavy atom. The van der Waals surface area contributed by atoms with Gasteiger partial charge >= 0.3 is 6.18 Å². The molecular weight excluding hydrogens is 535 g/mol. The van der Waals surface area contributed by atoms with Gasteiger partial charge < -0.3 is 9.30 Å². The van der Waals surface area contributed by atoms with Gasteiger partial charge in [-0.1, -0.05) is 12.1 Å². The fourth-order valence-electron chi connectivity index (χ4n) is 6.71. The number of carbonyl (C=O) groups is 1. The maximum Gasteiger partial charge on any atom is 0.433 e. The molecule has 1 atom stereocenters. The molecule has 216 valence electrons. The number of pyridine rings is 1. The lowest BCUT2D eigenvalue weighted by molar-refractivity contribution is -0.141. The number of anilines is 1. The number of benzene rings is 1. The highest BCUT2D eigenvalue weighted by Crippen LogP contribution is 2.39. The number of hydrogen-bond donors (Lipinski definition) is 0. The molecule has 0 saturated carbocycles. The van der Waals surface area contributed by atoms with Crippen LogP contribution in [0.3, 0.4) is 0 Å². The number of piperazine rings is 1. The number of amides is 1. The highest BCUT2D eigenvalue weighted by atomic mass is 19.4. The molecule has 2 aromatic heterocycles. The van der Waals surface area contributed by atoms with Crippen molar-refractivity contribution in [1.29, 1.82) is 0 Å². The van der Waals surface area contributed by atoms with E-state index in [4.69, 9.17) is 4.74 Å². The zero-order chi connectivity index (χ0) is 28.4. The summed E-state index contributed by atoms with van der Waals surface area (Å²) in [6.45, 7) is 5.24. The summed E-state index contributed by atoms with van der Waals surface area (Å²) in [5.74, 6) is 0.517. The number of alkyl halides is 3. The Morgan fingerprint density at radius 1 is 1.12 bits per heavy atom. The Hall–Kier alpha value is -3.35. The molecule has 1 amide bonds. The first-order valence-electron chi connectivity index (χ1n) is 14.1. The van der Waals surface area contributed by atoms with E-state index in [1.165, 1.54) is 11.3 Å². The van der Waals surface area contributed by atoms with Crippen molar-refractivity contribution in [3.05, 3.63) is 70.4 Å². The van der Waals surface area contributed by atoms with Crippen molar-refractivity contribution in [3.8, 4) is 0 Å². The quantitative estimate of drug-likeness (QED) is 0.453. The molecule has 9 nitrogen and oxygen atoms in total. The van der Waals surface area contributed by atoms with Gasteiger partial charge in [-0.05, 0) is 54.3 Å². The summed E-state index contributed by atoms with van der Waals surface area (Å²) in [6.07, 6.45) is -0.0656. The van der Waals surface area contributed by atoms with Gasteiger partial charge in [0.1, 0.15) is 23.7 Å². The van der Waals surface area contributed by atoms with Gasteiger partial charge in [0.15, 0.2) is 0 Å². The van der Waals surface area contributed by atoms with Crippen LogP contribution >= 0.6 is 0 Å². The van der Waals surface area contributed by atoms with Crippen LogP contribution in [0.2, 0.25) is 0 Å². The fourth-order valence-corrected chi connectivity index (χ4v) is 6.71. The first-order chi connectivity index (χ1) is 19.7. The number of fused-ring (bicyclic) bond motifs is 2. The summed E-state index contributed by atoms with van der Waals surface area (Å²) < 4.78 is 49.3. The lowest BCUT2D eigenvalue weighted by Crippen LogP contribution is -2.49. The highest BCUT2D eigenvalue weighted by Gasteiger charge is 2.43. The number of ether oxygens (including phenoxy) is 1. The van der Waals surface area contributed by atoms with Crippen LogP contribution in [-0.4, -0.2) is 80.9 Å². The molecule has 4 aliphatic rings. The molecule has 0 bridgehead atoms. The second-order valence-corrected chi connectivity index (χ2v) is 11.9. The number of nitrogens with zero attached hydrogens (tertiary/aromatic N) is 7. The van der Waals surface area contributed by atoms with E-state index in [-0.39, 0.29) is 23.7 Å². The molecule has 41 heavy (non-hydrogen) atoms. The number of aryl methyl sites for hydroxylation is 1. The number of rotatable bonds is 6. The molecule has 0 spiro atoms. The molecule has 0 unspecified atom stereocenters. The van der Waals surface area contributed by atoms with Gasteiger partial charge in [-0.15, -0.1) is 10.2 Å². The summed E-state index contributed by atoms with van der Waals surface area (Å²) in [4.78, 5) is 23.7. The van der Waals surface area contributed by atoms with E-state index in [0.717, 1.165) is 55.6 Å². The second kappa shape index (κ2) is 9.88. The summed E-state index contributed by atoms with van der Waals surface area (Å²) in [7, 11) is 1.89. The predicted molar refractivity (Wildman–Crippen MR) is 143 cm³/mol. The van der Waals surface area contributed by atoms with Crippen molar-refractivity contribution >= 4 is 11.7 Å². The molecule has 0 N–H and O–H groups in total. The van der Waals surface area contributed by atoms with Crippen LogP contribution in [-0.2, 0) is 42.9 Å². The largest absolute Gasteiger partial charge is 0.433 e. The number of hydrogen-bond acceptors (Lipinski definition) is 7. The van der Waals surface area contributed by atoms with Crippen LogP contribution in [0.1, 0.15) is 51.4 Å². The zero-order valence-electron chi connectivity index (χ0n) is 22.9. The van der Waals surface area contributed by atoms with Gasteiger partial charge in [-0.3, -0.25) is 19.5 Å². The van der Waals surface area contributed by atoms with Gasteiger partial charge in [-0.2, -0.15) is 13.2 Å². The lowest BCUT2D eigenvalue weighted by atomic mass is 9.75. The molecule has 3 aromatic rings. The molecule has 0 radical (unpaired) electrons. The van der Waals surface area contributed by atoms with Gasteiger partial charge in [0.25, 0.3) is 5.91 Å². The highest BCUT2D eigenvalue weighted by molar-refractivity contribution is 6.09. The minimum absolute atomic E-state index is 0.0397. The molecule has 1 aromatic carbocycles. The molecule has 7 rings (SSSR count). The van der Waals surface area contributed by atoms with E-state index in [9.17, 15) is 18.0 Å². The molecule has 6 heterocycles. The Kier molecular flexibility index (Phi) is 6.40. The molecule has 3 fully saturated rings. The van der Waals surface area contributed by atoms with Crippen molar-refractivity contribution in [2.24, 2.45) is 7.05 Å². The Balaban J connectivity index is 1.16. The van der Waals surface area contributed by atoms with E-state index in [1.807, 2.05) is 29.8 Å². The lowest BCUT2D eigenvalue weighted by Gasteiger charge is -2.41. The number of halogens is 3. The van der Waals surface area contributed by atoms with Gasteiger partial charge in [0.05, 0.1) is 19.8 Å². The van der Waals surface area contributed by atoms with Crippen LogP contribution in [0, 0.1) is 0 Å². The van der Waals surface area contributed by atoms with Crippen LogP contribution in [0.15, 0.2) is 36.7 Å². The Bertz CT molecular complexity index is 1490. The van der Waals surface area contributed by atoms with Crippen molar-refractivity contribution in [1.82, 2.24) is 29.5 Å². The van der Waals surface area contributed by atoms with Crippen LogP contribution < -0.4 is 4.90 Å². The smallest absolute Gasteiger partial charge is 0.379 e. The minimum Gasteiger partial charge on any atom is -0.379 e. The van der Waals surface area contributed by atoms with Gasteiger partial charge in [-0.25, -0.2) is 4.98 Å². The van der Waals surface area contributed by atoms with Crippen molar-refractivity contribution in [2.75, 3.05) is 44.3 Å². The maximum absolute atomic E-state index is 14.0. The first kappa shape index (κ1) is 26.5. The summed E-state index contributed by atoms with van der Waals surface area (Å²) in [5.41, 5.74) is 1.42. The van der Waals surface area contributed by atoms with Crippen molar-refractivity contribution in [2.45, 2.75) is 50.0 Å². The Labute approximate surface area is 235 Å². The molecule has 3 saturated heterocycles. The third kappa shape index (κ3) is 4.81. The number of carbonyl (C=O) groups excluding carboxylic acids is 1. The zero-order valence-corrected chi connectivity index (χ0v) is 22.9. The molecule has 12 heteroatoms. The SMILES string of the molecule is Cn1cnnc1CC1(c2ccc3c(c2)C(=O)N(c2cc(CN4CCN5CCC[C@@H]5C4)cc(C(F)(F)F)n2)C3)COC1. The first-order valence-corrected chi connectivity index (χ1v) is 14.1. The third-order valence-corrected chi connectivity index (χ3v) is 9.10. The fraction of sp³-hybridized carbons (Fsp3) is 0.517. The molecule has 4 aliphatic heterocycles. The summed E-state index contributed by atoms with van der Waals surface area (Å²) in [6, 6.07) is 9.00. The van der Waals surface area contributed by atoms with Gasteiger partial charge in [0.2, 0.25) is 0 Å². The average molecular weight is 568 g/mol. The van der Waals surface area contributed by atoms with E-state index < -0.39 is 11.9 Å². The summed E-state index contributed by atoms with van der Waals surface area (Å²) in [5, 5.41) is 8.19. The van der Waals surface area contributed by atoms with Crippen LogP contribution in [0.25, 0.3) is 0 Å². The molecule has 0 aliphatic carbocycles. The monoisotopic (exact) mass is 567 g/mol. The summed E-state index contributed by atoms with van der Waals surface area (Å²) >= 11 is 0. The van der Waals surface area contributed by atoms with Crippen molar-refractivity contribution in [3.63, 3.8) is 0 Å². The van der Waals surface area contributed by atoms with E-state index in [2.05, 4.69) is 25.0 Å². The van der Waals surface area contributed by atoms with Gasteiger partial charge in [0, 0.05) is 56.7 Å². The topological polar surface area (TPSA) is 79.6 Å². The molecular formula is C29H32F3N7O2. The number of aromatic nitrogens is 4. The van der Waals surface area contributed by atoms with Crippen molar-refractivity contribution < 1.29 is 22.7 Å². The Morgan fingerprint density at radius 2 is 1.98 bits per heavy atom. The second-order valence-electron chi connectivity index (χ2n) is 11.9. The third-order valence-electron chi connectivity index (χ3n) is 9.10. The van der Waals surface area contributed by atoms with E-state index >= 15 is 0 Å². The normalized spacial score (nSPS) is 22.6. The van der Waals surface area contributed by atoms with E-state index in [0.29, 0.717) is 43.3 Å².